The quantitative estimate of drug-likeness (QED) is 0.771. The first-order valence-corrected chi connectivity index (χ1v) is 7.33. The molecule has 0 aromatic heterocycles. The molecule has 1 saturated heterocycles. The normalized spacial score (nSPS) is 29.4. The van der Waals surface area contributed by atoms with Gasteiger partial charge in [0, 0.05) is 46.0 Å². The summed E-state index contributed by atoms with van der Waals surface area (Å²) in [6.45, 7) is 6.71. The Morgan fingerprint density at radius 1 is 1.21 bits per heavy atom. The summed E-state index contributed by atoms with van der Waals surface area (Å²) in [6, 6.07) is 0.601. The molecule has 0 unspecified atom stereocenters. The summed E-state index contributed by atoms with van der Waals surface area (Å²) in [4.78, 5) is 18.1. The van der Waals surface area contributed by atoms with Crippen molar-refractivity contribution in [1.82, 2.24) is 14.7 Å². The van der Waals surface area contributed by atoms with E-state index in [9.17, 15) is 4.79 Å². The third-order valence-corrected chi connectivity index (χ3v) is 4.75. The van der Waals surface area contributed by atoms with E-state index < -0.39 is 0 Å². The van der Waals surface area contributed by atoms with Crippen LogP contribution in [-0.2, 0) is 4.79 Å². The van der Waals surface area contributed by atoms with Crippen molar-refractivity contribution in [3.8, 4) is 0 Å². The molecule has 0 atom stereocenters. The average molecular weight is 265 g/mol. The monoisotopic (exact) mass is 265 g/mol. The molecule has 19 heavy (non-hydrogen) atoms. The van der Waals surface area contributed by atoms with Gasteiger partial charge in [-0.05, 0) is 31.6 Å². The van der Waals surface area contributed by atoms with E-state index in [-0.39, 0.29) is 5.91 Å². The average Bonchev–Trinajstić information content (AvgIpc) is 2.41. The predicted molar refractivity (Wildman–Crippen MR) is 77.8 cm³/mol. The van der Waals surface area contributed by atoms with Crippen molar-refractivity contribution in [3.05, 3.63) is 12.3 Å². The molecule has 0 aromatic rings. The zero-order valence-corrected chi connectivity index (χ0v) is 12.6. The summed E-state index contributed by atoms with van der Waals surface area (Å²) in [5.41, 5.74) is 1.26. The Bertz CT molecular complexity index is 345. The smallest absolute Gasteiger partial charge is 0.236 e. The molecule has 0 spiro atoms. The van der Waals surface area contributed by atoms with E-state index in [1.807, 2.05) is 11.9 Å². The molecule has 2 aliphatic rings. The van der Waals surface area contributed by atoms with Crippen LogP contribution in [0, 0.1) is 5.92 Å². The standard InChI is InChI=1S/C15H27N3O/c1-12(16(2)3)13-5-7-14(8-6-13)18-10-9-17(4)15(19)11-18/h13-14H,1,5-11H2,2-4H3. The van der Waals surface area contributed by atoms with Gasteiger partial charge in [-0.15, -0.1) is 0 Å². The van der Waals surface area contributed by atoms with E-state index >= 15 is 0 Å². The van der Waals surface area contributed by atoms with E-state index in [1.54, 1.807) is 0 Å². The van der Waals surface area contributed by atoms with Gasteiger partial charge in [0.25, 0.3) is 0 Å². The van der Waals surface area contributed by atoms with Crippen molar-refractivity contribution in [3.63, 3.8) is 0 Å². The van der Waals surface area contributed by atoms with Gasteiger partial charge in [-0.1, -0.05) is 6.58 Å². The molecule has 1 aliphatic carbocycles. The van der Waals surface area contributed by atoms with Crippen molar-refractivity contribution in [2.45, 2.75) is 31.7 Å². The van der Waals surface area contributed by atoms with Crippen molar-refractivity contribution in [2.24, 2.45) is 5.92 Å². The summed E-state index contributed by atoms with van der Waals surface area (Å²) in [5, 5.41) is 0. The zero-order valence-electron chi connectivity index (χ0n) is 12.6. The van der Waals surface area contributed by atoms with E-state index in [2.05, 4.69) is 30.5 Å². The Labute approximate surface area is 117 Å². The van der Waals surface area contributed by atoms with Gasteiger partial charge in [0.1, 0.15) is 0 Å². The molecule has 1 amide bonds. The first kappa shape index (κ1) is 14.4. The van der Waals surface area contributed by atoms with Gasteiger partial charge in [0.2, 0.25) is 5.91 Å². The number of piperazine rings is 1. The van der Waals surface area contributed by atoms with Gasteiger partial charge in [-0.2, -0.15) is 0 Å². The topological polar surface area (TPSA) is 26.8 Å². The molecule has 108 valence electrons. The van der Waals surface area contributed by atoms with E-state index in [0.717, 1.165) is 13.1 Å². The molecular formula is C15H27N3O. The third kappa shape index (κ3) is 3.30. The van der Waals surface area contributed by atoms with Crippen LogP contribution in [-0.4, -0.2) is 67.4 Å². The largest absolute Gasteiger partial charge is 0.381 e. The minimum absolute atomic E-state index is 0.270. The van der Waals surface area contributed by atoms with E-state index in [1.165, 1.54) is 31.4 Å². The second kappa shape index (κ2) is 5.95. The van der Waals surface area contributed by atoms with Gasteiger partial charge < -0.3 is 9.80 Å². The highest BCUT2D eigenvalue weighted by atomic mass is 16.2. The fourth-order valence-corrected chi connectivity index (χ4v) is 3.23. The van der Waals surface area contributed by atoms with Crippen LogP contribution in [0.3, 0.4) is 0 Å². The SMILES string of the molecule is C=C(C1CCC(N2CCN(C)C(=O)C2)CC1)N(C)C. The highest BCUT2D eigenvalue weighted by molar-refractivity contribution is 5.78. The van der Waals surface area contributed by atoms with Crippen LogP contribution in [0.4, 0.5) is 0 Å². The van der Waals surface area contributed by atoms with Crippen molar-refractivity contribution in [2.75, 3.05) is 40.8 Å². The number of hydrogen-bond donors (Lipinski definition) is 0. The molecule has 1 heterocycles. The number of carbonyl (C=O) groups excluding carboxylic acids is 1. The summed E-state index contributed by atoms with van der Waals surface area (Å²) in [6.07, 6.45) is 4.83. The minimum atomic E-state index is 0.270. The number of allylic oxidation sites excluding steroid dienone is 1. The van der Waals surface area contributed by atoms with Crippen LogP contribution < -0.4 is 0 Å². The lowest BCUT2D eigenvalue weighted by molar-refractivity contribution is -0.135. The number of hydrogen-bond acceptors (Lipinski definition) is 3. The minimum Gasteiger partial charge on any atom is -0.381 e. The summed E-state index contributed by atoms with van der Waals surface area (Å²) >= 11 is 0. The Kier molecular flexibility index (Phi) is 4.50. The highest BCUT2D eigenvalue weighted by Gasteiger charge is 2.31. The second-order valence-electron chi connectivity index (χ2n) is 6.18. The first-order valence-electron chi connectivity index (χ1n) is 7.33. The molecule has 0 bridgehead atoms. The number of nitrogens with zero attached hydrogens (tertiary/aromatic N) is 3. The number of rotatable bonds is 3. The Hall–Kier alpha value is -1.03. The van der Waals surface area contributed by atoms with E-state index in [4.69, 9.17) is 0 Å². The van der Waals surface area contributed by atoms with Gasteiger partial charge in [-0.25, -0.2) is 0 Å². The maximum atomic E-state index is 11.8. The van der Waals surface area contributed by atoms with Crippen LogP contribution in [0.5, 0.6) is 0 Å². The molecule has 2 rings (SSSR count). The Morgan fingerprint density at radius 2 is 1.84 bits per heavy atom. The predicted octanol–water partition coefficient (Wildman–Crippen LogP) is 1.39. The number of amides is 1. The molecule has 0 aromatic carbocycles. The van der Waals surface area contributed by atoms with Crippen molar-refractivity contribution in [1.29, 1.82) is 0 Å². The molecule has 1 aliphatic heterocycles. The maximum absolute atomic E-state index is 11.8. The summed E-state index contributed by atoms with van der Waals surface area (Å²) in [7, 11) is 6.05. The van der Waals surface area contributed by atoms with Gasteiger partial charge >= 0.3 is 0 Å². The van der Waals surface area contributed by atoms with Crippen molar-refractivity contribution < 1.29 is 4.79 Å². The third-order valence-electron chi connectivity index (χ3n) is 4.75. The van der Waals surface area contributed by atoms with Crippen LogP contribution in [0.25, 0.3) is 0 Å². The van der Waals surface area contributed by atoms with Crippen LogP contribution in [0.15, 0.2) is 12.3 Å². The fraction of sp³-hybridized carbons (Fsp3) is 0.800. The molecule has 0 N–H and O–H groups in total. The summed E-state index contributed by atoms with van der Waals surface area (Å²) in [5.74, 6) is 0.903. The molecule has 4 nitrogen and oxygen atoms in total. The molecule has 4 heteroatoms. The lowest BCUT2D eigenvalue weighted by Gasteiger charge is -2.41. The molecule has 0 radical (unpaired) electrons. The second-order valence-corrected chi connectivity index (χ2v) is 6.18. The lowest BCUT2D eigenvalue weighted by atomic mass is 9.83. The first-order chi connectivity index (χ1) is 8.99. The zero-order chi connectivity index (χ0) is 14.0. The van der Waals surface area contributed by atoms with Gasteiger partial charge in [0.15, 0.2) is 0 Å². The lowest BCUT2D eigenvalue weighted by Crippen LogP contribution is -2.52. The molecular weight excluding hydrogens is 238 g/mol. The molecule has 2 fully saturated rings. The maximum Gasteiger partial charge on any atom is 0.236 e. The van der Waals surface area contributed by atoms with Gasteiger partial charge in [-0.3, -0.25) is 9.69 Å². The fourth-order valence-electron chi connectivity index (χ4n) is 3.23. The highest BCUT2D eigenvalue weighted by Crippen LogP contribution is 2.32. The number of likely N-dealkylation sites (N-methyl/N-ethyl adjacent to an activating group) is 1. The Morgan fingerprint density at radius 3 is 2.37 bits per heavy atom. The van der Waals surface area contributed by atoms with Crippen LogP contribution >= 0.6 is 0 Å². The Balaban J connectivity index is 1.83. The number of carbonyl (C=O) groups is 1. The van der Waals surface area contributed by atoms with Crippen LogP contribution in [0.2, 0.25) is 0 Å². The van der Waals surface area contributed by atoms with E-state index in [0.29, 0.717) is 18.5 Å². The van der Waals surface area contributed by atoms with Crippen molar-refractivity contribution >= 4 is 5.91 Å². The summed E-state index contributed by atoms with van der Waals surface area (Å²) < 4.78 is 0. The van der Waals surface area contributed by atoms with Gasteiger partial charge in [0.05, 0.1) is 6.54 Å². The molecule has 1 saturated carbocycles. The van der Waals surface area contributed by atoms with Crippen LogP contribution in [0.1, 0.15) is 25.7 Å².